The van der Waals surface area contributed by atoms with Crippen LogP contribution in [0.4, 0.5) is 0 Å². The van der Waals surface area contributed by atoms with E-state index in [4.69, 9.17) is 16.3 Å². The third kappa shape index (κ3) is 2.63. The van der Waals surface area contributed by atoms with E-state index in [9.17, 15) is 9.90 Å². The smallest absolute Gasteiger partial charge is 0.340 e. The minimum absolute atomic E-state index is 0.0735. The Morgan fingerprint density at radius 2 is 2.05 bits per heavy atom. The van der Waals surface area contributed by atoms with Crippen LogP contribution in [0.25, 0.3) is 5.69 Å². The molecule has 0 amide bonds. The lowest BCUT2D eigenvalue weighted by Crippen LogP contribution is -2.00. The predicted octanol–water partition coefficient (Wildman–Crippen LogP) is 3.19. The summed E-state index contributed by atoms with van der Waals surface area (Å²) in [6.07, 6.45) is 1.38. The first-order valence-electron chi connectivity index (χ1n) is 6.23. The molecule has 1 aromatic carbocycles. The maximum atomic E-state index is 11.3. The summed E-state index contributed by atoms with van der Waals surface area (Å²) in [6, 6.07) is 7.10. The van der Waals surface area contributed by atoms with E-state index in [1.165, 1.54) is 4.68 Å². The van der Waals surface area contributed by atoms with E-state index >= 15 is 0 Å². The van der Waals surface area contributed by atoms with Crippen molar-refractivity contribution in [1.82, 2.24) is 9.78 Å². The molecule has 0 aliphatic carbocycles. The minimum atomic E-state index is -1.06. The summed E-state index contributed by atoms with van der Waals surface area (Å²) in [5, 5.41) is 13.7. The number of carbonyl (C=O) groups is 1. The van der Waals surface area contributed by atoms with Crippen molar-refractivity contribution >= 4 is 17.6 Å². The van der Waals surface area contributed by atoms with Crippen molar-refractivity contribution in [2.24, 2.45) is 0 Å². The number of carboxylic acids is 1. The van der Waals surface area contributed by atoms with Gasteiger partial charge in [-0.2, -0.15) is 5.10 Å². The van der Waals surface area contributed by atoms with E-state index in [-0.39, 0.29) is 10.7 Å². The minimum Gasteiger partial charge on any atom is -0.497 e. The predicted molar refractivity (Wildman–Crippen MR) is 76.1 cm³/mol. The van der Waals surface area contributed by atoms with Crippen molar-refractivity contribution in [2.75, 3.05) is 7.11 Å². The van der Waals surface area contributed by atoms with Crippen molar-refractivity contribution in [3.8, 4) is 11.4 Å². The summed E-state index contributed by atoms with van der Waals surface area (Å²) in [5.41, 5.74) is 1.27. The molecule has 1 aromatic heterocycles. The Kier molecular flexibility index (Phi) is 4.29. The molecule has 0 radical (unpaired) electrons. The van der Waals surface area contributed by atoms with Gasteiger partial charge >= 0.3 is 5.97 Å². The second-order valence-electron chi connectivity index (χ2n) is 4.28. The van der Waals surface area contributed by atoms with E-state index in [0.29, 0.717) is 23.6 Å². The van der Waals surface area contributed by atoms with Crippen LogP contribution in [0.3, 0.4) is 0 Å². The molecule has 106 valence electrons. The highest BCUT2D eigenvalue weighted by Crippen LogP contribution is 2.25. The summed E-state index contributed by atoms with van der Waals surface area (Å²) < 4.78 is 6.52. The van der Waals surface area contributed by atoms with Crippen LogP contribution in [0.15, 0.2) is 24.3 Å². The number of halogens is 1. The van der Waals surface area contributed by atoms with Crippen LogP contribution < -0.4 is 4.74 Å². The van der Waals surface area contributed by atoms with Gasteiger partial charge in [0.1, 0.15) is 16.5 Å². The maximum absolute atomic E-state index is 11.3. The number of ether oxygens (including phenoxy) is 1. The topological polar surface area (TPSA) is 64.4 Å². The Hall–Kier alpha value is -2.01. The van der Waals surface area contributed by atoms with Gasteiger partial charge in [-0.05, 0) is 30.7 Å². The number of aromatic carboxylic acids is 1. The van der Waals surface area contributed by atoms with Crippen molar-refractivity contribution in [1.29, 1.82) is 0 Å². The Labute approximate surface area is 121 Å². The highest BCUT2D eigenvalue weighted by atomic mass is 35.5. The summed E-state index contributed by atoms with van der Waals surface area (Å²) in [7, 11) is 1.58. The second kappa shape index (κ2) is 5.96. The number of hydrogen-bond donors (Lipinski definition) is 1. The Bertz CT molecular complexity index is 620. The molecular formula is C14H15ClN2O3. The summed E-state index contributed by atoms with van der Waals surface area (Å²) in [5.74, 6) is -0.345. The molecule has 0 saturated carbocycles. The van der Waals surface area contributed by atoms with Gasteiger partial charge in [0.25, 0.3) is 0 Å². The SMILES string of the molecule is CCCc1nn(-c2ccc(OC)cc2)c(Cl)c1C(=O)O. The third-order valence-corrected chi connectivity index (χ3v) is 3.27. The largest absolute Gasteiger partial charge is 0.497 e. The molecule has 0 spiro atoms. The standard InChI is InChI=1S/C14H15ClN2O3/c1-3-4-11-12(14(18)19)13(15)17(16-11)9-5-7-10(20-2)8-6-9/h5-8H,3-4H2,1-2H3,(H,18,19). The number of benzene rings is 1. The molecule has 0 fully saturated rings. The van der Waals surface area contributed by atoms with E-state index in [1.807, 2.05) is 6.92 Å². The first-order chi connectivity index (χ1) is 9.58. The van der Waals surface area contributed by atoms with Crippen LogP contribution in [0.5, 0.6) is 5.75 Å². The first-order valence-corrected chi connectivity index (χ1v) is 6.61. The summed E-state index contributed by atoms with van der Waals surface area (Å²) in [4.78, 5) is 11.3. The van der Waals surface area contributed by atoms with E-state index in [2.05, 4.69) is 5.10 Å². The quantitative estimate of drug-likeness (QED) is 0.920. The van der Waals surface area contributed by atoms with Crippen LogP contribution in [-0.4, -0.2) is 28.0 Å². The zero-order chi connectivity index (χ0) is 14.7. The van der Waals surface area contributed by atoms with Gasteiger partial charge in [-0.25, -0.2) is 9.48 Å². The normalized spacial score (nSPS) is 10.6. The Morgan fingerprint density at radius 3 is 2.55 bits per heavy atom. The zero-order valence-electron chi connectivity index (χ0n) is 11.3. The number of hydrogen-bond acceptors (Lipinski definition) is 3. The van der Waals surface area contributed by atoms with Gasteiger partial charge in [0.15, 0.2) is 0 Å². The molecule has 6 heteroatoms. The van der Waals surface area contributed by atoms with Crippen LogP contribution in [0.2, 0.25) is 5.15 Å². The van der Waals surface area contributed by atoms with Gasteiger partial charge < -0.3 is 9.84 Å². The molecule has 20 heavy (non-hydrogen) atoms. The summed E-state index contributed by atoms with van der Waals surface area (Å²) >= 11 is 6.16. The fourth-order valence-electron chi connectivity index (χ4n) is 1.96. The van der Waals surface area contributed by atoms with E-state index < -0.39 is 5.97 Å². The van der Waals surface area contributed by atoms with Crippen molar-refractivity contribution < 1.29 is 14.6 Å². The van der Waals surface area contributed by atoms with Crippen molar-refractivity contribution in [3.63, 3.8) is 0 Å². The number of methoxy groups -OCH3 is 1. The molecule has 5 nitrogen and oxygen atoms in total. The molecule has 0 saturated heterocycles. The monoisotopic (exact) mass is 294 g/mol. The maximum Gasteiger partial charge on any atom is 0.340 e. The van der Waals surface area contributed by atoms with Gasteiger partial charge in [-0.1, -0.05) is 24.9 Å². The molecule has 1 heterocycles. The van der Waals surface area contributed by atoms with Crippen LogP contribution in [0, 0.1) is 0 Å². The lowest BCUT2D eigenvalue weighted by molar-refractivity contribution is 0.0696. The van der Waals surface area contributed by atoms with E-state index in [1.54, 1.807) is 31.4 Å². The molecule has 2 rings (SSSR count). The number of carboxylic acid groups (broad SMARTS) is 1. The first kappa shape index (κ1) is 14.4. The average molecular weight is 295 g/mol. The number of aryl methyl sites for hydroxylation is 1. The highest BCUT2D eigenvalue weighted by molar-refractivity contribution is 6.32. The lowest BCUT2D eigenvalue weighted by Gasteiger charge is -2.04. The summed E-state index contributed by atoms with van der Waals surface area (Å²) in [6.45, 7) is 1.96. The number of rotatable bonds is 5. The molecule has 0 aliphatic heterocycles. The van der Waals surface area contributed by atoms with Gasteiger partial charge in [0.05, 0.1) is 18.5 Å². The molecule has 1 N–H and O–H groups in total. The Balaban J connectivity index is 2.50. The molecule has 0 unspecified atom stereocenters. The molecular weight excluding hydrogens is 280 g/mol. The molecule has 0 atom stereocenters. The highest BCUT2D eigenvalue weighted by Gasteiger charge is 2.22. The fraction of sp³-hybridized carbons (Fsp3) is 0.286. The van der Waals surface area contributed by atoms with Gasteiger partial charge in [0.2, 0.25) is 0 Å². The van der Waals surface area contributed by atoms with Crippen molar-refractivity contribution in [3.05, 3.63) is 40.7 Å². The van der Waals surface area contributed by atoms with Crippen LogP contribution in [0.1, 0.15) is 29.4 Å². The molecule has 0 bridgehead atoms. The van der Waals surface area contributed by atoms with Crippen molar-refractivity contribution in [2.45, 2.75) is 19.8 Å². The van der Waals surface area contributed by atoms with Crippen LogP contribution in [-0.2, 0) is 6.42 Å². The number of nitrogens with zero attached hydrogens (tertiary/aromatic N) is 2. The van der Waals surface area contributed by atoms with Gasteiger partial charge in [-0.3, -0.25) is 0 Å². The average Bonchev–Trinajstić information content (AvgIpc) is 2.76. The van der Waals surface area contributed by atoms with Crippen LogP contribution >= 0.6 is 11.6 Å². The lowest BCUT2D eigenvalue weighted by atomic mass is 10.2. The third-order valence-electron chi connectivity index (χ3n) is 2.92. The second-order valence-corrected chi connectivity index (χ2v) is 4.64. The number of aromatic nitrogens is 2. The van der Waals surface area contributed by atoms with Gasteiger partial charge in [-0.15, -0.1) is 0 Å². The fourth-order valence-corrected chi connectivity index (χ4v) is 2.28. The molecule has 0 aliphatic rings. The molecule has 2 aromatic rings. The van der Waals surface area contributed by atoms with E-state index in [0.717, 1.165) is 6.42 Å². The van der Waals surface area contributed by atoms with Gasteiger partial charge in [0, 0.05) is 0 Å². The Morgan fingerprint density at radius 1 is 1.40 bits per heavy atom. The zero-order valence-corrected chi connectivity index (χ0v) is 12.0.